The molecule has 2 heteroatoms. The molecule has 1 atom stereocenters. The van der Waals surface area contributed by atoms with Crippen molar-refractivity contribution in [3.63, 3.8) is 0 Å². The zero-order valence-corrected chi connectivity index (χ0v) is 39.0. The monoisotopic (exact) mass is 872 g/mol. The Kier molecular flexibility index (Phi) is 10.3. The van der Waals surface area contributed by atoms with Crippen molar-refractivity contribution in [2.45, 2.75) is 40.0 Å². The fourth-order valence-corrected chi connectivity index (χ4v) is 11.4. The maximum atomic E-state index is 2.50. The summed E-state index contributed by atoms with van der Waals surface area (Å²) in [5.74, 6) is 0.126. The van der Waals surface area contributed by atoms with Gasteiger partial charge in [0.15, 0.2) is 0 Å². The average Bonchev–Trinajstić information content (AvgIpc) is 3.35. The van der Waals surface area contributed by atoms with Gasteiger partial charge in [0, 0.05) is 40.0 Å². The highest BCUT2D eigenvalue weighted by molar-refractivity contribution is 6.23. The predicted octanol–water partition coefficient (Wildman–Crippen LogP) is 18.7. The van der Waals surface area contributed by atoms with Crippen LogP contribution in [0, 0.1) is 27.7 Å². The second-order valence-corrected chi connectivity index (χ2v) is 18.8. The molecule has 11 aromatic rings. The summed E-state index contributed by atoms with van der Waals surface area (Å²) in [6.45, 7) is 8.80. The van der Waals surface area contributed by atoms with Crippen LogP contribution in [0.3, 0.4) is 0 Å². The van der Waals surface area contributed by atoms with E-state index in [0.717, 1.165) is 40.5 Å². The first-order valence-electron chi connectivity index (χ1n) is 23.9. The number of anilines is 6. The van der Waals surface area contributed by atoms with Crippen LogP contribution in [-0.2, 0) is 0 Å². The minimum atomic E-state index is 0.126. The van der Waals surface area contributed by atoms with Gasteiger partial charge in [-0.05, 0) is 206 Å². The fourth-order valence-electron chi connectivity index (χ4n) is 11.4. The SMILES string of the molecule is Cc1cc(C)cc(N(c2ccccc2)c2ccc3c(C4CC=Cc5ccccc54)c4cc(N(c5ccccc5)c5cc(C)cc(C)c5)ccc4c(-c4cc5ccccc5c5ccccc45)c3c2)c1. The number of fused-ring (bicyclic) bond motifs is 6. The molecule has 0 aromatic heterocycles. The summed E-state index contributed by atoms with van der Waals surface area (Å²) in [6, 6.07) is 79.5. The number of para-hydroxylation sites is 2. The summed E-state index contributed by atoms with van der Waals surface area (Å²) in [5.41, 5.74) is 18.3. The van der Waals surface area contributed by atoms with Crippen LogP contribution in [0.4, 0.5) is 34.1 Å². The molecule has 0 saturated carbocycles. The Labute approximate surface area is 399 Å². The Morgan fingerprint density at radius 1 is 0.353 bits per heavy atom. The van der Waals surface area contributed by atoms with E-state index in [1.165, 1.54) is 93.2 Å². The Morgan fingerprint density at radius 2 is 0.868 bits per heavy atom. The van der Waals surface area contributed by atoms with Gasteiger partial charge in [0.2, 0.25) is 0 Å². The summed E-state index contributed by atoms with van der Waals surface area (Å²) in [5, 5.41) is 10.0. The Hall–Kier alpha value is -8.20. The fraction of sp³-hybridized carbons (Fsp3) is 0.0909. The van der Waals surface area contributed by atoms with E-state index in [1.54, 1.807) is 0 Å². The van der Waals surface area contributed by atoms with E-state index in [2.05, 4.69) is 262 Å². The van der Waals surface area contributed by atoms with Crippen LogP contribution in [-0.4, -0.2) is 0 Å². The molecule has 0 bridgehead atoms. The molecule has 1 unspecified atom stereocenters. The van der Waals surface area contributed by atoms with E-state index >= 15 is 0 Å². The molecule has 0 amide bonds. The lowest BCUT2D eigenvalue weighted by atomic mass is 9.76. The van der Waals surface area contributed by atoms with Crippen LogP contribution in [0.1, 0.15) is 51.3 Å². The van der Waals surface area contributed by atoms with Gasteiger partial charge in [-0.2, -0.15) is 0 Å². The molecule has 0 radical (unpaired) electrons. The van der Waals surface area contributed by atoms with Gasteiger partial charge < -0.3 is 9.80 Å². The molecule has 1 aliphatic rings. The van der Waals surface area contributed by atoms with Crippen LogP contribution >= 0.6 is 0 Å². The van der Waals surface area contributed by atoms with Crippen molar-refractivity contribution in [1.82, 2.24) is 0 Å². The number of nitrogens with zero attached hydrogens (tertiary/aromatic N) is 2. The van der Waals surface area contributed by atoms with Gasteiger partial charge in [-0.3, -0.25) is 0 Å². The predicted molar refractivity (Wildman–Crippen MR) is 292 cm³/mol. The van der Waals surface area contributed by atoms with Crippen LogP contribution in [0.5, 0.6) is 0 Å². The van der Waals surface area contributed by atoms with E-state index in [-0.39, 0.29) is 5.92 Å². The van der Waals surface area contributed by atoms with Gasteiger partial charge in [-0.15, -0.1) is 0 Å². The van der Waals surface area contributed by atoms with Crippen molar-refractivity contribution in [2.24, 2.45) is 0 Å². The number of aryl methyl sites for hydroxylation is 4. The topological polar surface area (TPSA) is 6.48 Å². The second-order valence-electron chi connectivity index (χ2n) is 18.8. The van der Waals surface area contributed by atoms with Gasteiger partial charge in [0.25, 0.3) is 0 Å². The molecule has 0 saturated heterocycles. The standard InChI is InChI=1S/C66H52N2/c1-43-34-44(2)37-53(36-43)67(49-21-7-5-8-22-49)51-31-33-61-63(41-51)65(59-29-17-20-47-18-11-13-25-55(47)59)60-32-30-52(68(50-23-9-6-10-24-50)54-38-45(3)35-46(4)39-54)42-64(60)66(61)62-40-48-19-12-14-26-56(48)57-27-15-16-28-58(57)62/h5-28,30-42,59H,29H2,1-4H3. The highest BCUT2D eigenvalue weighted by atomic mass is 15.1. The van der Waals surface area contributed by atoms with E-state index in [9.17, 15) is 0 Å². The van der Waals surface area contributed by atoms with E-state index in [4.69, 9.17) is 0 Å². The molecular weight excluding hydrogens is 821 g/mol. The minimum Gasteiger partial charge on any atom is -0.310 e. The van der Waals surface area contributed by atoms with Crippen molar-refractivity contribution in [3.05, 3.63) is 257 Å². The summed E-state index contributed by atoms with van der Waals surface area (Å²) >= 11 is 0. The van der Waals surface area contributed by atoms with Crippen LogP contribution in [0.25, 0.3) is 60.3 Å². The highest BCUT2D eigenvalue weighted by Gasteiger charge is 2.28. The minimum absolute atomic E-state index is 0.126. The van der Waals surface area contributed by atoms with Crippen LogP contribution in [0.2, 0.25) is 0 Å². The lowest BCUT2D eigenvalue weighted by molar-refractivity contribution is 0.834. The number of allylic oxidation sites excluding steroid dienone is 1. The third-order valence-electron chi connectivity index (χ3n) is 14.0. The molecule has 0 fully saturated rings. The number of benzene rings is 11. The highest BCUT2D eigenvalue weighted by Crippen LogP contribution is 2.51. The summed E-state index contributed by atoms with van der Waals surface area (Å²) in [7, 11) is 0. The molecule has 0 aliphatic heterocycles. The van der Waals surface area contributed by atoms with Gasteiger partial charge in [0.1, 0.15) is 0 Å². The molecule has 12 rings (SSSR count). The molecule has 1 aliphatic carbocycles. The summed E-state index contributed by atoms with van der Waals surface area (Å²) in [4.78, 5) is 4.88. The Bertz CT molecular complexity index is 3730. The van der Waals surface area contributed by atoms with E-state index in [1.807, 2.05) is 0 Å². The van der Waals surface area contributed by atoms with E-state index < -0.39 is 0 Å². The van der Waals surface area contributed by atoms with Gasteiger partial charge in [-0.25, -0.2) is 0 Å². The van der Waals surface area contributed by atoms with Crippen LogP contribution < -0.4 is 9.80 Å². The molecule has 0 spiro atoms. The quantitative estimate of drug-likeness (QED) is 0.111. The summed E-state index contributed by atoms with van der Waals surface area (Å²) < 4.78 is 0. The van der Waals surface area contributed by atoms with Gasteiger partial charge >= 0.3 is 0 Å². The smallest absolute Gasteiger partial charge is 0.0468 e. The molecule has 326 valence electrons. The van der Waals surface area contributed by atoms with Crippen LogP contribution in [0.15, 0.2) is 218 Å². The normalized spacial score (nSPS) is 13.3. The van der Waals surface area contributed by atoms with Gasteiger partial charge in [-0.1, -0.05) is 146 Å². The zero-order chi connectivity index (χ0) is 45.9. The summed E-state index contributed by atoms with van der Waals surface area (Å²) in [6.07, 6.45) is 5.61. The lowest BCUT2D eigenvalue weighted by Crippen LogP contribution is -2.12. The maximum Gasteiger partial charge on any atom is 0.0468 e. The first kappa shape index (κ1) is 41.2. The Balaban J connectivity index is 1.24. The third-order valence-corrected chi connectivity index (χ3v) is 14.0. The first-order chi connectivity index (χ1) is 33.4. The van der Waals surface area contributed by atoms with Crippen molar-refractivity contribution >= 4 is 83.3 Å². The lowest BCUT2D eigenvalue weighted by Gasteiger charge is -2.31. The number of hydrogen-bond donors (Lipinski definition) is 0. The average molecular weight is 873 g/mol. The molecular formula is C66H52N2. The largest absolute Gasteiger partial charge is 0.310 e. The van der Waals surface area contributed by atoms with Crippen molar-refractivity contribution in [2.75, 3.05) is 9.80 Å². The zero-order valence-electron chi connectivity index (χ0n) is 39.0. The van der Waals surface area contributed by atoms with E-state index in [0.29, 0.717) is 0 Å². The molecule has 0 heterocycles. The van der Waals surface area contributed by atoms with Crippen molar-refractivity contribution < 1.29 is 0 Å². The third kappa shape index (κ3) is 7.21. The van der Waals surface area contributed by atoms with Crippen molar-refractivity contribution in [3.8, 4) is 11.1 Å². The van der Waals surface area contributed by atoms with Crippen molar-refractivity contribution in [1.29, 1.82) is 0 Å². The van der Waals surface area contributed by atoms with Gasteiger partial charge in [0.05, 0.1) is 0 Å². The molecule has 68 heavy (non-hydrogen) atoms. The maximum absolute atomic E-state index is 2.50. The Morgan fingerprint density at radius 3 is 1.50 bits per heavy atom. The first-order valence-corrected chi connectivity index (χ1v) is 23.9. The second kappa shape index (κ2) is 16.9. The molecule has 2 nitrogen and oxygen atoms in total. The molecule has 11 aromatic carbocycles. The number of hydrogen-bond acceptors (Lipinski definition) is 2. The molecule has 0 N–H and O–H groups in total. The number of rotatable bonds is 8.